The highest BCUT2D eigenvalue weighted by atomic mass is 16.2. The highest BCUT2D eigenvalue weighted by Gasteiger charge is 2.35. The molecule has 0 radical (unpaired) electrons. The van der Waals surface area contributed by atoms with E-state index >= 15 is 0 Å². The zero-order valence-corrected chi connectivity index (χ0v) is 16.0. The third-order valence-electron chi connectivity index (χ3n) is 4.80. The Kier molecular flexibility index (Phi) is 6.26. The minimum Gasteiger partial charge on any atom is -0.350 e. The number of hydrogen-bond donors (Lipinski definition) is 1. The van der Waals surface area contributed by atoms with Crippen LogP contribution in [0.4, 0.5) is 0 Å². The van der Waals surface area contributed by atoms with Gasteiger partial charge in [-0.25, -0.2) is 0 Å². The van der Waals surface area contributed by atoms with E-state index in [-0.39, 0.29) is 29.4 Å². The molecule has 138 valence electrons. The van der Waals surface area contributed by atoms with E-state index in [2.05, 4.69) is 29.0 Å². The van der Waals surface area contributed by atoms with E-state index < -0.39 is 0 Å². The van der Waals surface area contributed by atoms with Gasteiger partial charge in [0, 0.05) is 44.3 Å². The molecule has 2 amide bonds. The average molecular weight is 338 g/mol. The number of nitrogens with one attached hydrogen (secondary N) is 1. The van der Waals surface area contributed by atoms with E-state index in [1.54, 1.807) is 0 Å². The molecule has 0 spiro atoms. The fourth-order valence-corrected chi connectivity index (χ4v) is 3.63. The molecule has 2 saturated heterocycles. The second-order valence-electron chi connectivity index (χ2n) is 8.39. The third-order valence-corrected chi connectivity index (χ3v) is 4.80. The monoisotopic (exact) mass is 338 g/mol. The molecule has 0 aromatic carbocycles. The van der Waals surface area contributed by atoms with Gasteiger partial charge in [-0.3, -0.25) is 19.4 Å². The number of carbonyl (C=O) groups excluding carboxylic acids is 2. The lowest BCUT2D eigenvalue weighted by molar-refractivity contribution is -0.143. The molecule has 24 heavy (non-hydrogen) atoms. The molecular weight excluding hydrogens is 304 g/mol. The Morgan fingerprint density at radius 1 is 1.17 bits per heavy atom. The van der Waals surface area contributed by atoms with Crippen molar-refractivity contribution in [2.45, 2.75) is 65.1 Å². The average Bonchev–Trinajstić information content (AvgIpc) is 2.46. The van der Waals surface area contributed by atoms with Gasteiger partial charge in [0.1, 0.15) is 0 Å². The molecular formula is C18H34N4O2. The first-order valence-electron chi connectivity index (χ1n) is 9.25. The Hall–Kier alpha value is -1.14. The van der Waals surface area contributed by atoms with Crippen LogP contribution < -0.4 is 5.32 Å². The first-order valence-corrected chi connectivity index (χ1v) is 9.25. The zero-order valence-electron chi connectivity index (χ0n) is 16.0. The van der Waals surface area contributed by atoms with E-state index in [1.807, 2.05) is 25.7 Å². The van der Waals surface area contributed by atoms with Crippen molar-refractivity contribution in [3.05, 3.63) is 0 Å². The second kappa shape index (κ2) is 7.83. The Morgan fingerprint density at radius 3 is 2.33 bits per heavy atom. The third kappa shape index (κ3) is 5.18. The lowest BCUT2D eigenvalue weighted by Crippen LogP contribution is -2.59. The Labute approximate surface area is 146 Å². The lowest BCUT2D eigenvalue weighted by Gasteiger charge is -2.43. The van der Waals surface area contributed by atoms with Crippen molar-refractivity contribution in [2.24, 2.45) is 0 Å². The van der Waals surface area contributed by atoms with Gasteiger partial charge in [0.15, 0.2) is 0 Å². The quantitative estimate of drug-likeness (QED) is 0.828. The van der Waals surface area contributed by atoms with Crippen LogP contribution in [0.1, 0.15) is 47.5 Å². The van der Waals surface area contributed by atoms with E-state index in [4.69, 9.17) is 0 Å². The maximum atomic E-state index is 12.7. The summed E-state index contributed by atoms with van der Waals surface area (Å²) in [5.41, 5.74) is -0.187. The van der Waals surface area contributed by atoms with Gasteiger partial charge in [-0.1, -0.05) is 0 Å². The molecule has 0 saturated carbocycles. The molecule has 1 atom stereocenters. The number of piperazine rings is 1. The number of amides is 2. The van der Waals surface area contributed by atoms with Crippen LogP contribution in [0, 0.1) is 0 Å². The van der Waals surface area contributed by atoms with Crippen molar-refractivity contribution in [3.8, 4) is 0 Å². The molecule has 6 nitrogen and oxygen atoms in total. The van der Waals surface area contributed by atoms with Gasteiger partial charge in [0.25, 0.3) is 0 Å². The smallest absolute Gasteiger partial charge is 0.240 e. The van der Waals surface area contributed by atoms with Gasteiger partial charge in [0.05, 0.1) is 12.6 Å². The summed E-state index contributed by atoms with van der Waals surface area (Å²) in [7, 11) is 0. The van der Waals surface area contributed by atoms with Crippen LogP contribution in [0.2, 0.25) is 0 Å². The molecule has 2 heterocycles. The van der Waals surface area contributed by atoms with Crippen LogP contribution in [0.15, 0.2) is 0 Å². The molecule has 1 unspecified atom stereocenters. The maximum Gasteiger partial charge on any atom is 0.240 e. The fraction of sp³-hybridized carbons (Fsp3) is 0.889. The molecule has 2 aliphatic rings. The standard InChI is InChI=1S/C18H34N4O2/c1-14(2)22-8-6-7-15(17(22)24)21-11-9-20(10-12-21)13-16(23)19-18(3,4)5/h14-15H,6-13H2,1-5H3,(H,19,23). The molecule has 0 aromatic rings. The summed E-state index contributed by atoms with van der Waals surface area (Å²) >= 11 is 0. The SMILES string of the molecule is CC(C)N1CCCC(N2CCN(CC(=O)NC(C)(C)C)CC2)C1=O. The van der Waals surface area contributed by atoms with Gasteiger partial charge in [0.2, 0.25) is 11.8 Å². The van der Waals surface area contributed by atoms with Gasteiger partial charge < -0.3 is 10.2 Å². The van der Waals surface area contributed by atoms with E-state index in [0.717, 1.165) is 45.6 Å². The molecule has 6 heteroatoms. The predicted molar refractivity (Wildman–Crippen MR) is 95.8 cm³/mol. The second-order valence-corrected chi connectivity index (χ2v) is 8.39. The number of rotatable bonds is 4. The van der Waals surface area contributed by atoms with Crippen LogP contribution >= 0.6 is 0 Å². The lowest BCUT2D eigenvalue weighted by atomic mass is 10.0. The summed E-state index contributed by atoms with van der Waals surface area (Å²) < 4.78 is 0. The van der Waals surface area contributed by atoms with E-state index in [0.29, 0.717) is 6.54 Å². The largest absolute Gasteiger partial charge is 0.350 e. The van der Waals surface area contributed by atoms with Crippen LogP contribution in [0.5, 0.6) is 0 Å². The zero-order chi connectivity index (χ0) is 17.9. The van der Waals surface area contributed by atoms with Gasteiger partial charge >= 0.3 is 0 Å². The summed E-state index contributed by atoms with van der Waals surface area (Å²) in [5.74, 6) is 0.367. The first-order chi connectivity index (χ1) is 11.2. The minimum absolute atomic E-state index is 0.0340. The van der Waals surface area contributed by atoms with Crippen LogP contribution in [-0.2, 0) is 9.59 Å². The summed E-state index contributed by atoms with van der Waals surface area (Å²) in [6.07, 6.45) is 2.05. The summed E-state index contributed by atoms with van der Waals surface area (Å²) in [4.78, 5) is 31.3. The highest BCUT2D eigenvalue weighted by molar-refractivity contribution is 5.83. The van der Waals surface area contributed by atoms with E-state index in [9.17, 15) is 9.59 Å². The topological polar surface area (TPSA) is 55.9 Å². The number of carbonyl (C=O) groups is 2. The number of nitrogens with zero attached hydrogens (tertiary/aromatic N) is 3. The van der Waals surface area contributed by atoms with Crippen molar-refractivity contribution in [3.63, 3.8) is 0 Å². The van der Waals surface area contributed by atoms with Gasteiger partial charge in [-0.05, 0) is 47.5 Å². The Bertz CT molecular complexity index is 450. The van der Waals surface area contributed by atoms with Crippen molar-refractivity contribution in [1.82, 2.24) is 20.0 Å². The molecule has 2 fully saturated rings. The van der Waals surface area contributed by atoms with Crippen LogP contribution in [0.25, 0.3) is 0 Å². The van der Waals surface area contributed by atoms with Crippen molar-refractivity contribution in [1.29, 1.82) is 0 Å². The molecule has 2 rings (SSSR count). The molecule has 2 aliphatic heterocycles. The van der Waals surface area contributed by atoms with Gasteiger partial charge in [-0.15, -0.1) is 0 Å². The van der Waals surface area contributed by atoms with Crippen LogP contribution in [-0.4, -0.2) is 83.4 Å². The summed E-state index contributed by atoms with van der Waals surface area (Å²) in [5, 5.41) is 3.01. The number of hydrogen-bond acceptors (Lipinski definition) is 4. The van der Waals surface area contributed by atoms with Crippen molar-refractivity contribution >= 4 is 11.8 Å². The fourth-order valence-electron chi connectivity index (χ4n) is 3.63. The molecule has 1 N–H and O–H groups in total. The minimum atomic E-state index is -0.187. The predicted octanol–water partition coefficient (Wildman–Crippen LogP) is 0.918. The maximum absolute atomic E-state index is 12.7. The summed E-state index contributed by atoms with van der Waals surface area (Å²) in [6.45, 7) is 14.9. The number of piperidine rings is 1. The normalized spacial score (nSPS) is 24.5. The summed E-state index contributed by atoms with van der Waals surface area (Å²) in [6, 6.07) is 0.314. The van der Waals surface area contributed by atoms with Gasteiger partial charge in [-0.2, -0.15) is 0 Å². The first kappa shape index (κ1) is 19.2. The highest BCUT2D eigenvalue weighted by Crippen LogP contribution is 2.20. The number of likely N-dealkylation sites (tertiary alicyclic amines) is 1. The molecule has 0 bridgehead atoms. The molecule has 0 aliphatic carbocycles. The van der Waals surface area contributed by atoms with Crippen molar-refractivity contribution in [2.75, 3.05) is 39.3 Å². The van der Waals surface area contributed by atoms with Crippen LogP contribution in [0.3, 0.4) is 0 Å². The molecule has 0 aromatic heterocycles. The van der Waals surface area contributed by atoms with E-state index in [1.165, 1.54) is 0 Å². The van der Waals surface area contributed by atoms with Crippen molar-refractivity contribution < 1.29 is 9.59 Å². The Morgan fingerprint density at radius 2 is 1.79 bits per heavy atom. The Balaban J connectivity index is 1.82.